The van der Waals surface area contributed by atoms with Gasteiger partial charge in [-0.2, -0.15) is 0 Å². The molecule has 2 aromatic heterocycles. The van der Waals surface area contributed by atoms with Crippen LogP contribution in [0.15, 0.2) is 54.6 Å². The zero-order valence-electron chi connectivity index (χ0n) is 18.7. The Labute approximate surface area is 207 Å². The monoisotopic (exact) mass is 489 g/mol. The molecule has 5 rings (SSSR count). The molecule has 7 heteroatoms. The number of hydrogen-bond acceptors (Lipinski definition) is 4. The molecule has 0 unspecified atom stereocenters. The fourth-order valence-corrected chi connectivity index (χ4v) is 6.20. The minimum Gasteiger partial charge on any atom is -0.365 e. The number of nitrogens with two attached hydrogens (primary N) is 1. The summed E-state index contributed by atoms with van der Waals surface area (Å²) in [5, 5.41) is 4.69. The first kappa shape index (κ1) is 22.6. The highest BCUT2D eigenvalue weighted by Crippen LogP contribution is 2.40. The van der Waals surface area contributed by atoms with Crippen molar-refractivity contribution >= 4 is 50.7 Å². The largest absolute Gasteiger partial charge is 0.365 e. The number of thiophene rings is 1. The van der Waals surface area contributed by atoms with Gasteiger partial charge >= 0.3 is 0 Å². The first-order chi connectivity index (χ1) is 16.4. The van der Waals surface area contributed by atoms with Gasteiger partial charge in [-0.3, -0.25) is 9.59 Å². The van der Waals surface area contributed by atoms with Gasteiger partial charge < -0.3 is 11.1 Å². The van der Waals surface area contributed by atoms with E-state index < -0.39 is 5.91 Å². The van der Waals surface area contributed by atoms with Crippen molar-refractivity contribution in [2.45, 2.75) is 32.6 Å². The second kappa shape index (κ2) is 9.20. The number of fused-ring (bicyclic) bond motifs is 2. The first-order valence-electron chi connectivity index (χ1n) is 11.4. The summed E-state index contributed by atoms with van der Waals surface area (Å²) in [6.45, 7) is 2.19. The predicted molar refractivity (Wildman–Crippen MR) is 139 cm³/mol. The molecule has 0 saturated carbocycles. The summed E-state index contributed by atoms with van der Waals surface area (Å²) in [7, 11) is 0. The second-order valence-electron chi connectivity index (χ2n) is 8.63. The Balaban J connectivity index is 1.59. The van der Waals surface area contributed by atoms with Crippen LogP contribution in [0.3, 0.4) is 0 Å². The van der Waals surface area contributed by atoms with Crippen LogP contribution < -0.4 is 11.1 Å². The lowest BCUT2D eigenvalue weighted by molar-refractivity contribution is 0.1000. The summed E-state index contributed by atoms with van der Waals surface area (Å²) in [5.74, 6) is -0.231. The molecule has 172 valence electrons. The Morgan fingerprint density at radius 2 is 1.97 bits per heavy atom. The topological polar surface area (TPSA) is 85.1 Å². The van der Waals surface area contributed by atoms with E-state index in [-0.39, 0.29) is 5.91 Å². The molecular formula is C27H24ClN3O2S. The van der Waals surface area contributed by atoms with Gasteiger partial charge in [0.05, 0.1) is 22.3 Å². The van der Waals surface area contributed by atoms with Gasteiger partial charge in [-0.25, -0.2) is 4.98 Å². The molecule has 2 aromatic carbocycles. The van der Waals surface area contributed by atoms with Crippen LogP contribution in [0.4, 0.5) is 5.00 Å². The summed E-state index contributed by atoms with van der Waals surface area (Å²) >= 11 is 7.72. The van der Waals surface area contributed by atoms with Crippen LogP contribution in [0.5, 0.6) is 0 Å². The standard InChI is InChI=1S/C27H24ClN3O2S/c1-2-15-8-10-18-23(12-15)34-27(24(18)25(29)32)31-26(33)20-14-22(16-6-4-3-5-7-16)30-21-11-9-17(28)13-19(20)21/h3-7,9,11,13-15H,2,8,10,12H2,1H3,(H2,29,32)(H,31,33)/t15-/m1/s1. The molecule has 1 aliphatic rings. The fourth-order valence-electron chi connectivity index (χ4n) is 4.66. The Kier molecular flexibility index (Phi) is 6.11. The maximum absolute atomic E-state index is 13.6. The highest BCUT2D eigenvalue weighted by molar-refractivity contribution is 7.17. The van der Waals surface area contributed by atoms with Crippen molar-refractivity contribution in [3.8, 4) is 11.3 Å². The van der Waals surface area contributed by atoms with Gasteiger partial charge in [-0.05, 0) is 55.0 Å². The number of primary amides is 1. The molecule has 0 aliphatic heterocycles. The van der Waals surface area contributed by atoms with E-state index in [1.54, 1.807) is 18.2 Å². The zero-order chi connectivity index (χ0) is 23.8. The van der Waals surface area contributed by atoms with E-state index >= 15 is 0 Å². The molecule has 3 N–H and O–H groups in total. The molecule has 1 atom stereocenters. The third-order valence-electron chi connectivity index (χ3n) is 6.50. The molecule has 0 radical (unpaired) electrons. The van der Waals surface area contributed by atoms with Crippen LogP contribution in [0.25, 0.3) is 22.2 Å². The summed E-state index contributed by atoms with van der Waals surface area (Å²) in [6.07, 6.45) is 3.85. The number of hydrogen-bond donors (Lipinski definition) is 2. The van der Waals surface area contributed by atoms with Crippen molar-refractivity contribution in [2.24, 2.45) is 11.7 Å². The summed E-state index contributed by atoms with van der Waals surface area (Å²) in [4.78, 5) is 31.9. The van der Waals surface area contributed by atoms with E-state index in [9.17, 15) is 9.59 Å². The molecule has 0 bridgehead atoms. The second-order valence-corrected chi connectivity index (χ2v) is 10.2. The molecule has 4 aromatic rings. The third-order valence-corrected chi connectivity index (χ3v) is 7.91. The summed E-state index contributed by atoms with van der Waals surface area (Å²) in [6, 6.07) is 16.8. The van der Waals surface area contributed by atoms with Gasteiger partial charge in [0.15, 0.2) is 0 Å². The van der Waals surface area contributed by atoms with Crippen LogP contribution in [0, 0.1) is 5.92 Å². The minimum atomic E-state index is -0.504. The van der Waals surface area contributed by atoms with Crippen molar-refractivity contribution in [1.29, 1.82) is 0 Å². The van der Waals surface area contributed by atoms with E-state index in [4.69, 9.17) is 22.3 Å². The Morgan fingerprint density at radius 3 is 2.71 bits per heavy atom. The van der Waals surface area contributed by atoms with Crippen LogP contribution in [0.1, 0.15) is 50.9 Å². The minimum absolute atomic E-state index is 0.319. The number of rotatable bonds is 5. The van der Waals surface area contributed by atoms with E-state index in [1.165, 1.54) is 11.3 Å². The van der Waals surface area contributed by atoms with Crippen LogP contribution in [-0.2, 0) is 12.8 Å². The quantitative estimate of drug-likeness (QED) is 0.336. The molecular weight excluding hydrogens is 466 g/mol. The predicted octanol–water partition coefficient (Wildman–Crippen LogP) is 6.48. The van der Waals surface area contributed by atoms with Gasteiger partial charge in [0, 0.05) is 20.8 Å². The smallest absolute Gasteiger partial charge is 0.257 e. The number of benzene rings is 2. The van der Waals surface area contributed by atoms with Gasteiger partial charge in [0.2, 0.25) is 0 Å². The number of carbonyl (C=O) groups excluding carboxylic acids is 2. The number of carbonyl (C=O) groups is 2. The molecule has 2 amide bonds. The highest BCUT2D eigenvalue weighted by Gasteiger charge is 2.28. The van der Waals surface area contributed by atoms with Crippen molar-refractivity contribution in [2.75, 3.05) is 5.32 Å². The maximum Gasteiger partial charge on any atom is 0.257 e. The SMILES string of the molecule is CC[C@@H]1CCc2c(sc(NC(=O)c3cc(-c4ccccc4)nc4ccc(Cl)cc34)c2C(N)=O)C1. The van der Waals surface area contributed by atoms with E-state index in [0.29, 0.717) is 43.7 Å². The first-order valence-corrected chi connectivity index (χ1v) is 12.6. The maximum atomic E-state index is 13.6. The average molecular weight is 490 g/mol. The Bertz CT molecular complexity index is 1410. The summed E-state index contributed by atoms with van der Waals surface area (Å²) in [5.41, 5.74) is 9.91. The molecule has 0 spiro atoms. The highest BCUT2D eigenvalue weighted by atomic mass is 35.5. The van der Waals surface area contributed by atoms with Crippen molar-refractivity contribution in [3.05, 3.63) is 81.2 Å². The summed E-state index contributed by atoms with van der Waals surface area (Å²) < 4.78 is 0. The Hall–Kier alpha value is -3.22. The molecule has 1 aliphatic carbocycles. The molecule has 2 heterocycles. The number of pyridine rings is 1. The van der Waals surface area contributed by atoms with Crippen molar-refractivity contribution in [1.82, 2.24) is 4.98 Å². The van der Waals surface area contributed by atoms with Crippen molar-refractivity contribution in [3.63, 3.8) is 0 Å². The lowest BCUT2D eigenvalue weighted by atomic mass is 9.85. The third kappa shape index (κ3) is 4.19. The van der Waals surface area contributed by atoms with Crippen LogP contribution in [-0.4, -0.2) is 16.8 Å². The van der Waals surface area contributed by atoms with Gasteiger partial charge in [0.1, 0.15) is 5.00 Å². The molecule has 5 nitrogen and oxygen atoms in total. The fraction of sp³-hybridized carbons (Fsp3) is 0.222. The number of amides is 2. The van der Waals surface area contributed by atoms with Gasteiger partial charge in [-0.15, -0.1) is 11.3 Å². The number of anilines is 1. The molecule has 34 heavy (non-hydrogen) atoms. The van der Waals surface area contributed by atoms with E-state index in [1.807, 2.05) is 36.4 Å². The number of halogens is 1. The molecule has 0 saturated heterocycles. The van der Waals surface area contributed by atoms with Gasteiger partial charge in [-0.1, -0.05) is 55.3 Å². The van der Waals surface area contributed by atoms with Crippen LogP contribution in [0.2, 0.25) is 5.02 Å². The van der Waals surface area contributed by atoms with E-state index in [0.717, 1.165) is 41.7 Å². The lowest BCUT2D eigenvalue weighted by Gasteiger charge is -2.20. The number of nitrogens with zero attached hydrogens (tertiary/aromatic N) is 1. The van der Waals surface area contributed by atoms with Crippen molar-refractivity contribution < 1.29 is 9.59 Å². The average Bonchev–Trinajstić information content (AvgIpc) is 3.20. The Morgan fingerprint density at radius 1 is 1.18 bits per heavy atom. The van der Waals surface area contributed by atoms with Crippen LogP contribution >= 0.6 is 22.9 Å². The van der Waals surface area contributed by atoms with Gasteiger partial charge in [0.25, 0.3) is 11.8 Å². The normalized spacial score (nSPS) is 15.2. The van der Waals surface area contributed by atoms with E-state index in [2.05, 4.69) is 12.2 Å². The lowest BCUT2D eigenvalue weighted by Crippen LogP contribution is -2.20. The number of aromatic nitrogens is 1. The zero-order valence-corrected chi connectivity index (χ0v) is 20.3. The number of nitrogens with one attached hydrogen (secondary N) is 1. The molecule has 0 fully saturated rings.